The number of carboxylic acid groups (broad SMARTS) is 1. The average Bonchev–Trinajstić information content (AvgIpc) is 3.11. The third kappa shape index (κ3) is 5.90. The molecule has 8 heteroatoms. The van der Waals surface area contributed by atoms with Crippen molar-refractivity contribution >= 4 is 18.0 Å². The molecule has 0 radical (unpaired) electrons. The number of fused-ring (bicyclic) bond motifs is 3. The number of benzene rings is 2. The van der Waals surface area contributed by atoms with Gasteiger partial charge in [-0.15, -0.1) is 0 Å². The largest absolute Gasteiger partial charge is 0.481 e. The van der Waals surface area contributed by atoms with Gasteiger partial charge in [-0.05, 0) is 28.2 Å². The van der Waals surface area contributed by atoms with E-state index in [0.717, 1.165) is 22.3 Å². The lowest BCUT2D eigenvalue weighted by Gasteiger charge is -2.24. The van der Waals surface area contributed by atoms with Crippen molar-refractivity contribution in [3.8, 4) is 11.1 Å². The van der Waals surface area contributed by atoms with Crippen LogP contribution in [0.25, 0.3) is 11.1 Å². The number of nitrogens with one attached hydrogen (secondary N) is 2. The van der Waals surface area contributed by atoms with E-state index in [0.29, 0.717) is 0 Å². The second-order valence-corrected chi connectivity index (χ2v) is 8.39. The first-order valence-electron chi connectivity index (χ1n) is 11.0. The molecular formula is C25H30N2O6. The molecule has 2 amide bonds. The predicted molar refractivity (Wildman–Crippen MR) is 123 cm³/mol. The number of amides is 2. The highest BCUT2D eigenvalue weighted by molar-refractivity contribution is 5.83. The fraction of sp³-hybridized carbons (Fsp3) is 0.400. The minimum atomic E-state index is -1.00. The van der Waals surface area contributed by atoms with E-state index in [1.807, 2.05) is 50.2 Å². The van der Waals surface area contributed by atoms with Crippen molar-refractivity contribution in [2.75, 3.05) is 20.3 Å². The van der Waals surface area contributed by atoms with Gasteiger partial charge in [0.15, 0.2) is 6.10 Å². The number of ether oxygens (including phenoxy) is 2. The normalized spacial score (nSPS) is 14.2. The van der Waals surface area contributed by atoms with E-state index in [1.54, 1.807) is 0 Å². The van der Waals surface area contributed by atoms with Gasteiger partial charge in [-0.25, -0.2) is 4.79 Å². The third-order valence-corrected chi connectivity index (χ3v) is 5.88. The Morgan fingerprint density at radius 3 is 2.09 bits per heavy atom. The lowest BCUT2D eigenvalue weighted by atomic mass is 9.98. The van der Waals surface area contributed by atoms with Gasteiger partial charge in [-0.2, -0.15) is 0 Å². The van der Waals surface area contributed by atoms with Gasteiger partial charge in [0.1, 0.15) is 6.61 Å². The zero-order valence-electron chi connectivity index (χ0n) is 19.0. The predicted octanol–water partition coefficient (Wildman–Crippen LogP) is 3.16. The summed E-state index contributed by atoms with van der Waals surface area (Å²) in [6, 6.07) is 15.6. The summed E-state index contributed by atoms with van der Waals surface area (Å²) in [7, 11) is 1.35. The van der Waals surface area contributed by atoms with E-state index < -0.39 is 30.1 Å². The number of carboxylic acids is 1. The number of alkyl carbamates (subject to hydrolysis) is 1. The quantitative estimate of drug-likeness (QED) is 0.508. The minimum absolute atomic E-state index is 0.0625. The Morgan fingerprint density at radius 1 is 1.00 bits per heavy atom. The standard InChI is InChI=1S/C25H30N2O6/c1-15(2)21(12-23(28)29)27-24(30)22(32-3)13-26-25(31)33-14-20-18-10-6-4-8-16(18)17-9-5-7-11-19(17)20/h4-11,15,20-22H,12-14H2,1-3H3,(H,26,31)(H,27,30)(H,28,29)/t21-,22?/m0/s1. The van der Waals surface area contributed by atoms with Crippen LogP contribution in [0.5, 0.6) is 0 Å². The van der Waals surface area contributed by atoms with Crippen molar-refractivity contribution in [2.45, 2.75) is 38.3 Å². The summed E-state index contributed by atoms with van der Waals surface area (Å²) in [5.41, 5.74) is 4.50. The molecule has 2 aromatic carbocycles. The molecule has 2 atom stereocenters. The summed E-state index contributed by atoms with van der Waals surface area (Å²) in [6.07, 6.45) is -1.82. The van der Waals surface area contributed by atoms with Crippen molar-refractivity contribution in [3.63, 3.8) is 0 Å². The van der Waals surface area contributed by atoms with Crippen LogP contribution in [0.1, 0.15) is 37.3 Å². The van der Waals surface area contributed by atoms with Crippen LogP contribution in [0.3, 0.4) is 0 Å². The zero-order valence-corrected chi connectivity index (χ0v) is 19.0. The van der Waals surface area contributed by atoms with Gasteiger partial charge in [-0.1, -0.05) is 62.4 Å². The molecule has 0 aliphatic heterocycles. The Hall–Kier alpha value is -3.39. The highest BCUT2D eigenvalue weighted by Gasteiger charge is 2.29. The van der Waals surface area contributed by atoms with Gasteiger partial charge in [0.2, 0.25) is 0 Å². The molecule has 2 aromatic rings. The van der Waals surface area contributed by atoms with Crippen molar-refractivity contribution in [3.05, 3.63) is 59.7 Å². The van der Waals surface area contributed by atoms with Crippen molar-refractivity contribution in [1.82, 2.24) is 10.6 Å². The van der Waals surface area contributed by atoms with E-state index in [-0.39, 0.29) is 31.4 Å². The molecule has 176 valence electrons. The molecule has 8 nitrogen and oxygen atoms in total. The van der Waals surface area contributed by atoms with Crippen LogP contribution in [0, 0.1) is 5.92 Å². The number of carbonyl (C=O) groups excluding carboxylic acids is 2. The Labute approximate surface area is 193 Å². The van der Waals surface area contributed by atoms with Crippen LogP contribution in [0.4, 0.5) is 4.79 Å². The van der Waals surface area contributed by atoms with Gasteiger partial charge in [0.05, 0.1) is 13.0 Å². The van der Waals surface area contributed by atoms with Crippen molar-refractivity contribution < 1.29 is 29.0 Å². The molecule has 0 saturated heterocycles. The van der Waals surface area contributed by atoms with Gasteiger partial charge in [0, 0.05) is 19.1 Å². The van der Waals surface area contributed by atoms with Crippen molar-refractivity contribution in [2.24, 2.45) is 5.92 Å². The number of hydrogen-bond donors (Lipinski definition) is 3. The van der Waals surface area contributed by atoms with Crippen LogP contribution in [-0.4, -0.2) is 55.5 Å². The van der Waals surface area contributed by atoms with E-state index in [9.17, 15) is 14.4 Å². The third-order valence-electron chi connectivity index (χ3n) is 5.88. The summed E-state index contributed by atoms with van der Waals surface area (Å²) in [6.45, 7) is 3.71. The summed E-state index contributed by atoms with van der Waals surface area (Å²) in [5, 5.41) is 14.3. The molecule has 0 fully saturated rings. The SMILES string of the molecule is COC(CNC(=O)OCC1c2ccccc2-c2ccccc21)C(=O)N[C@@H](CC(=O)O)C(C)C. The molecule has 0 aromatic heterocycles. The van der Waals surface area contributed by atoms with Crippen LogP contribution < -0.4 is 10.6 Å². The zero-order chi connectivity index (χ0) is 24.0. The lowest BCUT2D eigenvalue weighted by molar-refractivity contribution is -0.138. The van der Waals surface area contributed by atoms with Gasteiger partial charge in [0.25, 0.3) is 5.91 Å². The van der Waals surface area contributed by atoms with E-state index >= 15 is 0 Å². The summed E-state index contributed by atoms with van der Waals surface area (Å²) < 4.78 is 10.7. The fourth-order valence-corrected chi connectivity index (χ4v) is 4.03. The Morgan fingerprint density at radius 2 is 1.58 bits per heavy atom. The maximum absolute atomic E-state index is 12.5. The monoisotopic (exact) mass is 454 g/mol. The number of aliphatic carboxylic acids is 1. The fourth-order valence-electron chi connectivity index (χ4n) is 4.03. The molecule has 0 bridgehead atoms. The topological polar surface area (TPSA) is 114 Å². The second kappa shape index (κ2) is 11.0. The number of methoxy groups -OCH3 is 1. The van der Waals surface area contributed by atoms with Gasteiger partial charge in [-0.3, -0.25) is 9.59 Å². The molecule has 0 spiro atoms. The molecular weight excluding hydrogens is 424 g/mol. The molecule has 1 aliphatic rings. The Bertz CT molecular complexity index is 960. The van der Waals surface area contributed by atoms with E-state index in [4.69, 9.17) is 14.6 Å². The van der Waals surface area contributed by atoms with Crippen molar-refractivity contribution in [1.29, 1.82) is 0 Å². The molecule has 3 N–H and O–H groups in total. The number of hydrogen-bond acceptors (Lipinski definition) is 5. The van der Waals surface area contributed by atoms with Crippen LogP contribution >= 0.6 is 0 Å². The smallest absolute Gasteiger partial charge is 0.407 e. The maximum Gasteiger partial charge on any atom is 0.407 e. The Kier molecular flexibility index (Phi) is 8.06. The maximum atomic E-state index is 12.5. The van der Waals surface area contributed by atoms with Crippen LogP contribution in [0.2, 0.25) is 0 Å². The molecule has 33 heavy (non-hydrogen) atoms. The molecule has 3 rings (SSSR count). The molecule has 1 aliphatic carbocycles. The first-order chi connectivity index (χ1) is 15.8. The molecule has 0 heterocycles. The van der Waals surface area contributed by atoms with Gasteiger partial charge >= 0.3 is 12.1 Å². The van der Waals surface area contributed by atoms with E-state index in [1.165, 1.54) is 7.11 Å². The summed E-state index contributed by atoms with van der Waals surface area (Å²) >= 11 is 0. The second-order valence-electron chi connectivity index (χ2n) is 8.39. The minimum Gasteiger partial charge on any atom is -0.481 e. The van der Waals surface area contributed by atoms with Crippen LogP contribution in [-0.2, 0) is 19.1 Å². The van der Waals surface area contributed by atoms with Gasteiger partial charge < -0.3 is 25.2 Å². The van der Waals surface area contributed by atoms with E-state index in [2.05, 4.69) is 22.8 Å². The summed E-state index contributed by atoms with van der Waals surface area (Å²) in [4.78, 5) is 35.9. The molecule has 0 saturated carbocycles. The number of rotatable bonds is 10. The highest BCUT2D eigenvalue weighted by atomic mass is 16.5. The highest BCUT2D eigenvalue weighted by Crippen LogP contribution is 2.44. The molecule has 1 unspecified atom stereocenters. The Balaban J connectivity index is 1.54. The van der Waals surface area contributed by atoms with Crippen LogP contribution in [0.15, 0.2) is 48.5 Å². The first kappa shape index (κ1) is 24.3. The summed E-state index contributed by atoms with van der Waals surface area (Å²) in [5.74, 6) is -1.62. The first-order valence-corrected chi connectivity index (χ1v) is 11.0. The number of carbonyl (C=O) groups is 3. The lowest BCUT2D eigenvalue weighted by Crippen LogP contribution is -2.49. The average molecular weight is 455 g/mol.